The van der Waals surface area contributed by atoms with Crippen molar-refractivity contribution in [2.75, 3.05) is 0 Å². The van der Waals surface area contributed by atoms with Crippen LogP contribution in [-0.4, -0.2) is 17.2 Å². The predicted octanol–water partition coefficient (Wildman–Crippen LogP) is 3.41. The molecule has 2 aliphatic carbocycles. The van der Waals surface area contributed by atoms with E-state index in [2.05, 4.69) is 20.4 Å². The summed E-state index contributed by atoms with van der Waals surface area (Å²) in [6, 6.07) is 0. The summed E-state index contributed by atoms with van der Waals surface area (Å²) in [4.78, 5) is 12.0. The van der Waals surface area contributed by atoms with Crippen LogP contribution in [0.3, 0.4) is 0 Å². The molecule has 0 aliphatic heterocycles. The van der Waals surface area contributed by atoms with Gasteiger partial charge < -0.3 is 14.3 Å². The third-order valence-electron chi connectivity index (χ3n) is 6.11. The predicted molar refractivity (Wildman–Crippen MR) is 86.7 cm³/mol. The molecule has 2 aliphatic rings. The maximum Gasteiger partial charge on any atom is 0.333 e. The van der Waals surface area contributed by atoms with E-state index in [0.29, 0.717) is 11.5 Å². The highest BCUT2D eigenvalue weighted by molar-refractivity contribution is 5.87. The van der Waals surface area contributed by atoms with Crippen molar-refractivity contribution in [2.24, 2.45) is 17.3 Å². The van der Waals surface area contributed by atoms with Gasteiger partial charge in [-0.1, -0.05) is 20.4 Å². The molecule has 0 bridgehead atoms. The van der Waals surface area contributed by atoms with Crippen LogP contribution in [0, 0.1) is 17.3 Å². The summed E-state index contributed by atoms with van der Waals surface area (Å²) >= 11 is 0. The monoisotopic (exact) mass is 318 g/mol. The minimum Gasteiger partial charge on any atom is -0.469 e. The molecule has 1 N–H and O–H groups in total. The van der Waals surface area contributed by atoms with Crippen molar-refractivity contribution in [3.63, 3.8) is 0 Å². The Morgan fingerprint density at radius 3 is 2.91 bits per heavy atom. The number of carbonyl (C=O) groups is 1. The molecule has 1 aromatic rings. The van der Waals surface area contributed by atoms with Gasteiger partial charge in [-0.05, 0) is 43.1 Å². The molecule has 4 nitrogen and oxygen atoms in total. The highest BCUT2D eigenvalue weighted by Gasteiger charge is 2.51. The molecule has 1 fully saturated rings. The van der Waals surface area contributed by atoms with Crippen LogP contribution < -0.4 is 0 Å². The van der Waals surface area contributed by atoms with Crippen LogP contribution in [-0.2, 0) is 29.0 Å². The van der Waals surface area contributed by atoms with Crippen LogP contribution in [0.4, 0.5) is 0 Å². The van der Waals surface area contributed by atoms with Crippen LogP contribution >= 0.6 is 0 Å². The Balaban J connectivity index is 1.92. The van der Waals surface area contributed by atoms with Crippen molar-refractivity contribution in [1.82, 2.24) is 0 Å². The Kier molecular flexibility index (Phi) is 4.13. The van der Waals surface area contributed by atoms with Gasteiger partial charge in [-0.2, -0.15) is 0 Å². The van der Waals surface area contributed by atoms with Gasteiger partial charge in [-0.15, -0.1) is 0 Å². The Hall–Kier alpha value is -1.55. The summed E-state index contributed by atoms with van der Waals surface area (Å²) in [5.74, 6) is 1.44. The number of aliphatic hydroxyl groups is 1. The van der Waals surface area contributed by atoms with E-state index in [9.17, 15) is 9.90 Å². The van der Waals surface area contributed by atoms with E-state index in [1.54, 1.807) is 13.2 Å². The molecule has 3 rings (SSSR count). The Bertz CT molecular complexity index is 629. The maximum atomic E-state index is 12.0. The van der Waals surface area contributed by atoms with E-state index in [1.165, 1.54) is 0 Å². The zero-order valence-electron chi connectivity index (χ0n) is 14.2. The fraction of sp³-hybridized carbons (Fsp3) is 0.632. The average molecular weight is 318 g/mol. The van der Waals surface area contributed by atoms with Gasteiger partial charge in [0.1, 0.15) is 11.9 Å². The van der Waals surface area contributed by atoms with Crippen LogP contribution in [0.1, 0.15) is 50.5 Å². The number of hydrogen-bond acceptors (Lipinski definition) is 4. The van der Waals surface area contributed by atoms with Gasteiger partial charge >= 0.3 is 5.97 Å². The molecular formula is C19H26O4. The minimum absolute atomic E-state index is 0.0159. The summed E-state index contributed by atoms with van der Waals surface area (Å²) in [6.45, 7) is 9.97. The summed E-state index contributed by atoms with van der Waals surface area (Å²) in [6.07, 6.45) is 5.17. The van der Waals surface area contributed by atoms with E-state index in [1.807, 2.05) is 0 Å². The van der Waals surface area contributed by atoms with Crippen molar-refractivity contribution < 1.29 is 19.1 Å². The zero-order chi connectivity index (χ0) is 16.8. The molecule has 4 atom stereocenters. The second-order valence-electron chi connectivity index (χ2n) is 7.52. The van der Waals surface area contributed by atoms with E-state index in [-0.39, 0.29) is 30.0 Å². The molecule has 1 saturated carbocycles. The third-order valence-corrected chi connectivity index (χ3v) is 6.11. The van der Waals surface area contributed by atoms with E-state index >= 15 is 0 Å². The van der Waals surface area contributed by atoms with Gasteiger partial charge in [0.15, 0.2) is 0 Å². The Morgan fingerprint density at radius 2 is 2.26 bits per heavy atom. The summed E-state index contributed by atoms with van der Waals surface area (Å²) in [7, 11) is 0. The first-order valence-corrected chi connectivity index (χ1v) is 8.42. The summed E-state index contributed by atoms with van der Waals surface area (Å²) in [5.41, 5.74) is 2.55. The number of esters is 1. The average Bonchev–Trinajstić information content (AvgIpc) is 2.90. The van der Waals surface area contributed by atoms with Crippen LogP contribution in [0.5, 0.6) is 0 Å². The number of rotatable bonds is 3. The van der Waals surface area contributed by atoms with Crippen LogP contribution in [0.15, 0.2) is 22.8 Å². The molecule has 0 spiro atoms. The molecule has 1 aromatic heterocycles. The van der Waals surface area contributed by atoms with Gasteiger partial charge in [0.05, 0.1) is 12.9 Å². The van der Waals surface area contributed by atoms with Crippen molar-refractivity contribution in [3.8, 4) is 0 Å². The van der Waals surface area contributed by atoms with E-state index < -0.39 is 0 Å². The second kappa shape index (κ2) is 5.82. The maximum absolute atomic E-state index is 12.0. The SMILES string of the molecule is C=C(C)C(=O)O[C@@H]1CC[C@H](C)[C@@]2(C)Cc3c(CO)coc3C[C@@H]12. The highest BCUT2D eigenvalue weighted by Crippen LogP contribution is 2.53. The standard InChI is InChI=1S/C19H26O4/c1-11(2)18(21)23-16-6-5-12(3)19(4)8-14-13(9-20)10-22-17(14)7-15(16)19/h10,12,15-16,20H,1,5-9H2,2-4H3/t12-,15-,16+,19+/m0/s1. The number of furan rings is 1. The molecule has 0 saturated heterocycles. The van der Waals surface area contributed by atoms with Crippen molar-refractivity contribution in [1.29, 1.82) is 0 Å². The number of carbonyl (C=O) groups excluding carboxylic acids is 1. The first kappa shape index (κ1) is 16.3. The zero-order valence-corrected chi connectivity index (χ0v) is 14.2. The summed E-state index contributed by atoms with van der Waals surface area (Å²) < 4.78 is 11.4. The lowest BCUT2D eigenvalue weighted by Gasteiger charge is -2.51. The first-order chi connectivity index (χ1) is 10.9. The van der Waals surface area contributed by atoms with Crippen molar-refractivity contribution in [2.45, 2.75) is 59.2 Å². The lowest BCUT2D eigenvalue weighted by Crippen LogP contribution is -2.51. The molecule has 0 amide bonds. The molecule has 0 radical (unpaired) electrons. The molecule has 0 aromatic carbocycles. The van der Waals surface area contributed by atoms with E-state index in [4.69, 9.17) is 9.15 Å². The molecule has 1 heterocycles. The second-order valence-corrected chi connectivity index (χ2v) is 7.52. The van der Waals surface area contributed by atoms with Gasteiger partial charge in [-0.3, -0.25) is 0 Å². The Labute approximate surface area is 137 Å². The van der Waals surface area contributed by atoms with Crippen molar-refractivity contribution in [3.05, 3.63) is 35.3 Å². The first-order valence-electron chi connectivity index (χ1n) is 8.42. The summed E-state index contributed by atoms with van der Waals surface area (Å²) in [5, 5.41) is 9.52. The largest absolute Gasteiger partial charge is 0.469 e. The van der Waals surface area contributed by atoms with Gasteiger partial charge in [0.2, 0.25) is 0 Å². The van der Waals surface area contributed by atoms with E-state index in [0.717, 1.165) is 42.6 Å². The fourth-order valence-electron chi connectivity index (χ4n) is 4.34. The van der Waals surface area contributed by atoms with Gasteiger partial charge in [0, 0.05) is 23.5 Å². The van der Waals surface area contributed by atoms with Gasteiger partial charge in [-0.25, -0.2) is 4.79 Å². The van der Waals surface area contributed by atoms with Crippen LogP contribution in [0.2, 0.25) is 0 Å². The smallest absolute Gasteiger partial charge is 0.333 e. The normalized spacial score (nSPS) is 32.8. The van der Waals surface area contributed by atoms with Gasteiger partial charge in [0.25, 0.3) is 0 Å². The molecule has 0 unspecified atom stereocenters. The number of fused-ring (bicyclic) bond motifs is 2. The third kappa shape index (κ3) is 2.63. The molecule has 4 heteroatoms. The quantitative estimate of drug-likeness (QED) is 0.685. The Morgan fingerprint density at radius 1 is 1.52 bits per heavy atom. The fourth-order valence-corrected chi connectivity index (χ4v) is 4.34. The lowest BCUT2D eigenvalue weighted by molar-refractivity contribution is -0.157. The molecule has 126 valence electrons. The number of aliphatic hydroxyl groups excluding tert-OH is 1. The highest BCUT2D eigenvalue weighted by atomic mass is 16.5. The van der Waals surface area contributed by atoms with Crippen LogP contribution in [0.25, 0.3) is 0 Å². The number of ether oxygens (including phenoxy) is 1. The molecular weight excluding hydrogens is 292 g/mol. The van der Waals surface area contributed by atoms with Crippen molar-refractivity contribution >= 4 is 5.97 Å². The topological polar surface area (TPSA) is 59.7 Å². The molecule has 23 heavy (non-hydrogen) atoms. The number of hydrogen-bond donors (Lipinski definition) is 1. The minimum atomic E-state index is -0.298. The lowest BCUT2D eigenvalue weighted by atomic mass is 9.54.